The molecule has 2 aromatic heterocycles. The predicted octanol–water partition coefficient (Wildman–Crippen LogP) is 3.16. The summed E-state index contributed by atoms with van der Waals surface area (Å²) in [6, 6.07) is 7.59. The van der Waals surface area contributed by atoms with E-state index >= 15 is 0 Å². The zero-order valence-corrected chi connectivity index (χ0v) is 17.2. The minimum Gasteiger partial charge on any atom is -0.478 e. The van der Waals surface area contributed by atoms with E-state index in [0.29, 0.717) is 43.2 Å². The fourth-order valence-corrected chi connectivity index (χ4v) is 3.80. The number of hydrogen-bond acceptors (Lipinski definition) is 5. The van der Waals surface area contributed by atoms with Gasteiger partial charge in [-0.3, -0.25) is 0 Å². The molecule has 1 aromatic carbocycles. The lowest BCUT2D eigenvalue weighted by atomic mass is 10.0. The van der Waals surface area contributed by atoms with E-state index in [1.54, 1.807) is 4.90 Å². The van der Waals surface area contributed by atoms with E-state index in [1.807, 2.05) is 29.7 Å². The summed E-state index contributed by atoms with van der Waals surface area (Å²) >= 11 is 0. The number of carbonyl (C=O) groups is 2. The Morgan fingerprint density at radius 3 is 2.84 bits per heavy atom. The van der Waals surface area contributed by atoms with Crippen LogP contribution < -0.4 is 0 Å². The molecule has 4 rings (SSSR count). The number of aromatic nitrogens is 2. The van der Waals surface area contributed by atoms with Gasteiger partial charge in [-0.2, -0.15) is 0 Å². The van der Waals surface area contributed by atoms with Crippen LogP contribution in [0.15, 0.2) is 36.5 Å². The summed E-state index contributed by atoms with van der Waals surface area (Å²) in [4.78, 5) is 29.3. The molecule has 1 amide bonds. The Hall–Kier alpha value is -3.46. The van der Waals surface area contributed by atoms with Crippen molar-refractivity contribution in [1.29, 1.82) is 0 Å². The van der Waals surface area contributed by atoms with Crippen LogP contribution in [0.4, 0.5) is 9.18 Å². The largest absolute Gasteiger partial charge is 0.478 e. The minimum absolute atomic E-state index is 0.133. The summed E-state index contributed by atoms with van der Waals surface area (Å²) in [5, 5.41) is 9.13. The third kappa shape index (κ3) is 4.09. The van der Waals surface area contributed by atoms with Gasteiger partial charge in [0, 0.05) is 24.7 Å². The lowest BCUT2D eigenvalue weighted by molar-refractivity contribution is -0.0241. The van der Waals surface area contributed by atoms with Crippen molar-refractivity contribution in [2.75, 3.05) is 26.8 Å². The highest BCUT2D eigenvalue weighted by Crippen LogP contribution is 2.30. The Kier molecular flexibility index (Phi) is 5.60. The van der Waals surface area contributed by atoms with E-state index in [2.05, 4.69) is 4.98 Å². The first-order chi connectivity index (χ1) is 14.9. The number of nitrogens with zero attached hydrogens (tertiary/aromatic N) is 3. The molecule has 1 N–H and O–H groups in total. The third-order valence-electron chi connectivity index (χ3n) is 5.34. The standard InChI is InChI=1S/C22H22FN3O5/c1-13-5-6-26-18(11-15-12-25(7-8-31-15)22(29)30-2)20(24-19(26)9-13)16-4-3-14(21(27)28)10-17(16)23/h3-6,9-10,15H,7-8,11-12H2,1-2H3,(H,27,28). The van der Waals surface area contributed by atoms with Crippen LogP contribution in [-0.2, 0) is 15.9 Å². The summed E-state index contributed by atoms with van der Waals surface area (Å²) in [6.45, 7) is 3.08. The van der Waals surface area contributed by atoms with Crippen LogP contribution in [0.5, 0.6) is 0 Å². The number of carboxylic acids is 1. The number of carbonyl (C=O) groups excluding carboxylic acids is 1. The number of imidazole rings is 1. The molecule has 31 heavy (non-hydrogen) atoms. The van der Waals surface area contributed by atoms with Crippen molar-refractivity contribution in [3.05, 3.63) is 59.2 Å². The number of benzene rings is 1. The average Bonchev–Trinajstić information content (AvgIpc) is 3.10. The van der Waals surface area contributed by atoms with Gasteiger partial charge in [0.25, 0.3) is 0 Å². The normalized spacial score (nSPS) is 16.5. The van der Waals surface area contributed by atoms with Gasteiger partial charge in [0.05, 0.1) is 43.3 Å². The van der Waals surface area contributed by atoms with Crippen LogP contribution in [-0.4, -0.2) is 64.4 Å². The number of fused-ring (bicyclic) bond motifs is 1. The number of amides is 1. The number of ether oxygens (including phenoxy) is 2. The molecule has 1 aliphatic heterocycles. The first-order valence-electron chi connectivity index (χ1n) is 9.82. The number of rotatable bonds is 4. The number of carboxylic acid groups (broad SMARTS) is 1. The molecule has 0 aliphatic carbocycles. The third-order valence-corrected chi connectivity index (χ3v) is 5.34. The van der Waals surface area contributed by atoms with E-state index in [-0.39, 0.29) is 17.2 Å². The maximum Gasteiger partial charge on any atom is 0.409 e. The van der Waals surface area contributed by atoms with E-state index in [1.165, 1.54) is 19.2 Å². The SMILES string of the molecule is COC(=O)N1CCOC(Cc2c(-c3ccc(C(=O)O)cc3F)nc3cc(C)ccn23)C1. The van der Waals surface area contributed by atoms with E-state index in [4.69, 9.17) is 14.6 Å². The van der Waals surface area contributed by atoms with Gasteiger partial charge in [-0.05, 0) is 42.8 Å². The zero-order chi connectivity index (χ0) is 22.1. The molecule has 0 spiro atoms. The second-order valence-electron chi connectivity index (χ2n) is 7.45. The number of hydrogen-bond donors (Lipinski definition) is 1. The Morgan fingerprint density at radius 2 is 2.13 bits per heavy atom. The van der Waals surface area contributed by atoms with Gasteiger partial charge < -0.3 is 23.9 Å². The van der Waals surface area contributed by atoms with Crippen LogP contribution in [0.2, 0.25) is 0 Å². The average molecular weight is 427 g/mol. The second kappa shape index (κ2) is 8.35. The molecule has 8 nitrogen and oxygen atoms in total. The number of halogens is 1. The van der Waals surface area contributed by atoms with Crippen molar-refractivity contribution in [2.45, 2.75) is 19.4 Å². The van der Waals surface area contributed by atoms with E-state index < -0.39 is 17.9 Å². The number of morpholine rings is 1. The number of methoxy groups -OCH3 is 1. The lowest BCUT2D eigenvalue weighted by Gasteiger charge is -2.32. The summed E-state index contributed by atoms with van der Waals surface area (Å²) in [5.74, 6) is -1.86. The Balaban J connectivity index is 1.76. The monoisotopic (exact) mass is 427 g/mol. The van der Waals surface area contributed by atoms with Crippen molar-refractivity contribution >= 4 is 17.7 Å². The quantitative estimate of drug-likeness (QED) is 0.688. The fraction of sp³-hybridized carbons (Fsp3) is 0.318. The van der Waals surface area contributed by atoms with Gasteiger partial charge in [0.2, 0.25) is 0 Å². The van der Waals surface area contributed by atoms with Crippen LogP contribution in [0.25, 0.3) is 16.9 Å². The van der Waals surface area contributed by atoms with Crippen LogP contribution >= 0.6 is 0 Å². The molecule has 1 unspecified atom stereocenters. The molecule has 162 valence electrons. The highest BCUT2D eigenvalue weighted by molar-refractivity contribution is 5.88. The summed E-state index contributed by atoms with van der Waals surface area (Å²) < 4.78 is 27.4. The molecular formula is C22H22FN3O5. The fourth-order valence-electron chi connectivity index (χ4n) is 3.80. The second-order valence-corrected chi connectivity index (χ2v) is 7.45. The topological polar surface area (TPSA) is 93.4 Å². The van der Waals surface area contributed by atoms with Gasteiger partial charge in [0.1, 0.15) is 11.5 Å². The molecule has 0 bridgehead atoms. The molecule has 1 saturated heterocycles. The van der Waals surface area contributed by atoms with Crippen LogP contribution in [0.1, 0.15) is 21.6 Å². The summed E-state index contributed by atoms with van der Waals surface area (Å²) in [7, 11) is 1.33. The summed E-state index contributed by atoms with van der Waals surface area (Å²) in [5.41, 5.74) is 2.86. The molecule has 1 fully saturated rings. The molecular weight excluding hydrogens is 405 g/mol. The molecule has 1 aliphatic rings. The Morgan fingerprint density at radius 1 is 1.32 bits per heavy atom. The van der Waals surface area contributed by atoms with Gasteiger partial charge in [-0.1, -0.05) is 0 Å². The number of pyridine rings is 1. The zero-order valence-electron chi connectivity index (χ0n) is 17.2. The summed E-state index contributed by atoms with van der Waals surface area (Å²) in [6.07, 6.45) is 1.50. The Labute approximate surface area is 177 Å². The minimum atomic E-state index is -1.20. The predicted molar refractivity (Wildman–Crippen MR) is 110 cm³/mol. The number of aryl methyl sites for hydroxylation is 1. The first-order valence-corrected chi connectivity index (χ1v) is 9.82. The Bertz CT molecular complexity index is 1160. The number of aromatic carboxylic acids is 1. The molecule has 0 saturated carbocycles. The van der Waals surface area contributed by atoms with Crippen molar-refractivity contribution < 1.29 is 28.6 Å². The van der Waals surface area contributed by atoms with Crippen molar-refractivity contribution in [3.8, 4) is 11.3 Å². The van der Waals surface area contributed by atoms with Crippen molar-refractivity contribution in [2.24, 2.45) is 0 Å². The van der Waals surface area contributed by atoms with Gasteiger partial charge in [0.15, 0.2) is 0 Å². The highest BCUT2D eigenvalue weighted by atomic mass is 19.1. The van der Waals surface area contributed by atoms with Crippen molar-refractivity contribution in [1.82, 2.24) is 14.3 Å². The van der Waals surface area contributed by atoms with E-state index in [0.717, 1.165) is 11.6 Å². The first kappa shape index (κ1) is 20.8. The molecule has 0 radical (unpaired) electrons. The maximum absolute atomic E-state index is 14.9. The van der Waals surface area contributed by atoms with Crippen LogP contribution in [0, 0.1) is 12.7 Å². The highest BCUT2D eigenvalue weighted by Gasteiger charge is 2.28. The molecule has 1 atom stereocenters. The lowest BCUT2D eigenvalue weighted by Crippen LogP contribution is -2.46. The molecule has 3 aromatic rings. The molecule has 3 heterocycles. The maximum atomic E-state index is 14.9. The van der Waals surface area contributed by atoms with Gasteiger partial charge in [-0.15, -0.1) is 0 Å². The smallest absolute Gasteiger partial charge is 0.409 e. The van der Waals surface area contributed by atoms with Crippen LogP contribution in [0.3, 0.4) is 0 Å². The van der Waals surface area contributed by atoms with Crippen molar-refractivity contribution in [3.63, 3.8) is 0 Å². The van der Waals surface area contributed by atoms with E-state index in [9.17, 15) is 14.0 Å². The van der Waals surface area contributed by atoms with Gasteiger partial charge in [-0.25, -0.2) is 19.0 Å². The molecule has 9 heteroatoms. The van der Waals surface area contributed by atoms with Gasteiger partial charge >= 0.3 is 12.1 Å².